The van der Waals surface area contributed by atoms with Crippen LogP contribution >= 0.6 is 0 Å². The quantitative estimate of drug-likeness (QED) is 0.902. The molecule has 0 amide bonds. The van der Waals surface area contributed by atoms with Gasteiger partial charge in [0.25, 0.3) is 0 Å². The molecular weight excluding hydrogens is 247 g/mol. The number of ether oxygens (including phenoxy) is 1. The maximum atomic E-state index is 13.3. The van der Waals surface area contributed by atoms with Crippen LogP contribution in [0.2, 0.25) is 0 Å². The molecule has 1 heterocycles. The van der Waals surface area contributed by atoms with Crippen LogP contribution < -0.4 is 4.74 Å². The average molecular weight is 264 g/mol. The molecule has 2 rings (SSSR count). The number of aliphatic hydroxyl groups is 1. The zero-order valence-electron chi connectivity index (χ0n) is 11.0. The van der Waals surface area contributed by atoms with E-state index in [-0.39, 0.29) is 5.75 Å². The van der Waals surface area contributed by atoms with Crippen molar-refractivity contribution >= 4 is 0 Å². The van der Waals surface area contributed by atoms with Crippen molar-refractivity contribution in [1.82, 2.24) is 9.78 Å². The van der Waals surface area contributed by atoms with E-state index in [0.717, 1.165) is 13.0 Å². The van der Waals surface area contributed by atoms with Gasteiger partial charge in [-0.15, -0.1) is 0 Å². The van der Waals surface area contributed by atoms with Crippen LogP contribution in [0.4, 0.5) is 4.39 Å². The van der Waals surface area contributed by atoms with Gasteiger partial charge in [-0.05, 0) is 24.1 Å². The Bertz CT molecular complexity index is 554. The summed E-state index contributed by atoms with van der Waals surface area (Å²) in [5.41, 5.74) is 1.26. The van der Waals surface area contributed by atoms with Crippen molar-refractivity contribution in [2.24, 2.45) is 0 Å². The van der Waals surface area contributed by atoms with Gasteiger partial charge in [0.1, 0.15) is 6.10 Å². The van der Waals surface area contributed by atoms with Gasteiger partial charge in [-0.25, -0.2) is 4.39 Å². The Morgan fingerprint density at radius 2 is 2.21 bits per heavy atom. The fourth-order valence-corrected chi connectivity index (χ4v) is 1.91. The van der Waals surface area contributed by atoms with Gasteiger partial charge in [0.15, 0.2) is 11.6 Å². The summed E-state index contributed by atoms with van der Waals surface area (Å²) in [5.74, 6) is -0.322. The first-order valence-electron chi connectivity index (χ1n) is 6.19. The molecule has 0 saturated carbocycles. The van der Waals surface area contributed by atoms with Crippen LogP contribution in [0.5, 0.6) is 5.75 Å². The Morgan fingerprint density at radius 3 is 2.89 bits per heavy atom. The lowest BCUT2D eigenvalue weighted by Crippen LogP contribution is -2.00. The normalized spacial score (nSPS) is 12.4. The molecule has 2 aromatic rings. The third kappa shape index (κ3) is 2.93. The minimum Gasteiger partial charge on any atom is -0.494 e. The number of methoxy groups -OCH3 is 1. The second-order valence-electron chi connectivity index (χ2n) is 4.33. The van der Waals surface area contributed by atoms with E-state index in [2.05, 4.69) is 12.0 Å². The van der Waals surface area contributed by atoms with Crippen LogP contribution in [-0.2, 0) is 6.54 Å². The summed E-state index contributed by atoms with van der Waals surface area (Å²) in [6.45, 7) is 2.86. The molecule has 4 nitrogen and oxygen atoms in total. The first kappa shape index (κ1) is 13.5. The second-order valence-corrected chi connectivity index (χ2v) is 4.33. The molecule has 0 spiro atoms. The molecule has 0 bridgehead atoms. The maximum absolute atomic E-state index is 13.3. The molecule has 0 fully saturated rings. The van der Waals surface area contributed by atoms with Crippen LogP contribution in [-0.4, -0.2) is 22.0 Å². The minimum absolute atomic E-state index is 0.123. The molecule has 0 saturated heterocycles. The predicted molar refractivity (Wildman–Crippen MR) is 69.5 cm³/mol. The molecule has 1 aromatic heterocycles. The fraction of sp³-hybridized carbons (Fsp3) is 0.357. The van der Waals surface area contributed by atoms with Gasteiger partial charge in [0.2, 0.25) is 0 Å². The molecule has 1 N–H and O–H groups in total. The van der Waals surface area contributed by atoms with Crippen LogP contribution in [0.25, 0.3) is 0 Å². The van der Waals surface area contributed by atoms with Gasteiger partial charge in [0, 0.05) is 18.3 Å². The number of aromatic nitrogens is 2. The van der Waals surface area contributed by atoms with E-state index in [1.807, 2.05) is 0 Å². The number of benzene rings is 1. The average Bonchev–Trinajstić information content (AvgIpc) is 2.87. The summed E-state index contributed by atoms with van der Waals surface area (Å²) in [4.78, 5) is 0. The van der Waals surface area contributed by atoms with Crippen LogP contribution in [0.15, 0.2) is 30.6 Å². The summed E-state index contributed by atoms with van der Waals surface area (Å²) < 4.78 is 20.0. The van der Waals surface area contributed by atoms with E-state index in [4.69, 9.17) is 4.74 Å². The van der Waals surface area contributed by atoms with Crippen LogP contribution in [0, 0.1) is 5.82 Å². The highest BCUT2D eigenvalue weighted by Crippen LogP contribution is 2.26. The minimum atomic E-state index is -0.833. The van der Waals surface area contributed by atoms with Crippen molar-refractivity contribution in [2.45, 2.75) is 26.0 Å². The number of aliphatic hydroxyl groups excluding tert-OH is 1. The smallest absolute Gasteiger partial charge is 0.165 e. The first-order valence-corrected chi connectivity index (χ1v) is 6.19. The van der Waals surface area contributed by atoms with Gasteiger partial charge in [-0.1, -0.05) is 13.0 Å². The first-order chi connectivity index (χ1) is 9.15. The molecule has 5 heteroatoms. The Balaban J connectivity index is 2.24. The molecule has 0 aliphatic heterocycles. The number of halogens is 1. The Labute approximate surface area is 111 Å². The van der Waals surface area contributed by atoms with Crippen molar-refractivity contribution in [2.75, 3.05) is 7.11 Å². The van der Waals surface area contributed by atoms with Gasteiger partial charge >= 0.3 is 0 Å². The Kier molecular flexibility index (Phi) is 4.16. The van der Waals surface area contributed by atoms with Gasteiger partial charge in [-0.2, -0.15) is 5.10 Å². The SMILES string of the molecule is CCCn1cc(C(O)c2ccc(F)c(OC)c2)cn1. The summed E-state index contributed by atoms with van der Waals surface area (Å²) in [7, 11) is 1.40. The highest BCUT2D eigenvalue weighted by Gasteiger charge is 2.15. The molecule has 1 unspecified atom stereocenters. The topological polar surface area (TPSA) is 47.3 Å². The van der Waals surface area contributed by atoms with Crippen molar-refractivity contribution in [1.29, 1.82) is 0 Å². The summed E-state index contributed by atoms with van der Waals surface area (Å²) in [6.07, 6.45) is 3.56. The van der Waals surface area contributed by atoms with Gasteiger partial charge in [0.05, 0.1) is 13.3 Å². The highest BCUT2D eigenvalue weighted by molar-refractivity contribution is 5.35. The van der Waals surface area contributed by atoms with Gasteiger partial charge < -0.3 is 9.84 Å². The molecule has 102 valence electrons. The molecule has 0 aliphatic rings. The number of aryl methyl sites for hydroxylation is 1. The fourth-order valence-electron chi connectivity index (χ4n) is 1.91. The van der Waals surface area contributed by atoms with Crippen molar-refractivity contribution in [3.8, 4) is 5.75 Å². The zero-order valence-corrected chi connectivity index (χ0v) is 11.0. The van der Waals surface area contributed by atoms with Crippen molar-refractivity contribution in [3.63, 3.8) is 0 Å². The lowest BCUT2D eigenvalue weighted by atomic mass is 10.0. The van der Waals surface area contributed by atoms with Crippen molar-refractivity contribution in [3.05, 3.63) is 47.5 Å². The van der Waals surface area contributed by atoms with Crippen LogP contribution in [0.1, 0.15) is 30.6 Å². The predicted octanol–water partition coefficient (Wildman–Crippen LogP) is 2.52. The molecular formula is C14H17FN2O2. The summed E-state index contributed by atoms with van der Waals surface area (Å²) in [6, 6.07) is 4.32. The second kappa shape index (κ2) is 5.84. The van der Waals surface area contributed by atoms with Crippen molar-refractivity contribution < 1.29 is 14.2 Å². The van der Waals surface area contributed by atoms with E-state index in [1.54, 1.807) is 23.1 Å². The Morgan fingerprint density at radius 1 is 1.42 bits per heavy atom. The molecule has 19 heavy (non-hydrogen) atoms. The molecule has 1 atom stereocenters. The van der Waals surface area contributed by atoms with E-state index in [0.29, 0.717) is 11.1 Å². The van der Waals surface area contributed by atoms with E-state index < -0.39 is 11.9 Å². The lowest BCUT2D eigenvalue weighted by Gasteiger charge is -2.10. The zero-order chi connectivity index (χ0) is 13.8. The third-order valence-electron chi connectivity index (χ3n) is 2.91. The standard InChI is InChI=1S/C14H17FN2O2/c1-3-6-17-9-11(8-16-17)14(18)10-4-5-12(15)13(7-10)19-2/h4-5,7-9,14,18H,3,6H2,1-2H3. The molecule has 0 aliphatic carbocycles. The Hall–Kier alpha value is -1.88. The lowest BCUT2D eigenvalue weighted by molar-refractivity contribution is 0.219. The van der Waals surface area contributed by atoms with Gasteiger partial charge in [-0.3, -0.25) is 4.68 Å². The third-order valence-corrected chi connectivity index (χ3v) is 2.91. The maximum Gasteiger partial charge on any atom is 0.165 e. The molecule has 1 aromatic carbocycles. The number of rotatable bonds is 5. The number of hydrogen-bond acceptors (Lipinski definition) is 3. The largest absolute Gasteiger partial charge is 0.494 e. The highest BCUT2D eigenvalue weighted by atomic mass is 19.1. The number of hydrogen-bond donors (Lipinski definition) is 1. The monoisotopic (exact) mass is 264 g/mol. The number of nitrogens with zero attached hydrogens (tertiary/aromatic N) is 2. The summed E-state index contributed by atoms with van der Waals surface area (Å²) >= 11 is 0. The van der Waals surface area contributed by atoms with Crippen LogP contribution in [0.3, 0.4) is 0 Å². The molecule has 0 radical (unpaired) electrons. The van der Waals surface area contributed by atoms with E-state index >= 15 is 0 Å². The van der Waals surface area contributed by atoms with E-state index in [1.165, 1.54) is 19.2 Å². The summed E-state index contributed by atoms with van der Waals surface area (Å²) in [5, 5.41) is 14.4. The van der Waals surface area contributed by atoms with E-state index in [9.17, 15) is 9.50 Å².